The van der Waals surface area contributed by atoms with Gasteiger partial charge in [-0.05, 0) is 50.4 Å². The third-order valence-corrected chi connectivity index (χ3v) is 5.01. The van der Waals surface area contributed by atoms with E-state index in [0.29, 0.717) is 24.4 Å². The third-order valence-electron chi connectivity index (χ3n) is 5.01. The molecule has 2 aliphatic carbocycles. The summed E-state index contributed by atoms with van der Waals surface area (Å²) in [5.74, 6) is 0.279. The highest BCUT2D eigenvalue weighted by molar-refractivity contribution is 5.80. The molecule has 1 saturated heterocycles. The number of aliphatic carboxylic acids is 1. The second-order valence-electron chi connectivity index (χ2n) is 6.59. The Morgan fingerprint density at radius 3 is 2.55 bits per heavy atom. The van der Waals surface area contributed by atoms with Gasteiger partial charge in [-0.1, -0.05) is 6.42 Å². The molecule has 112 valence electrons. The number of hydrogen-bond donors (Lipinski definition) is 1. The molecule has 3 aliphatic rings. The maximum Gasteiger partial charge on any atom is 0.323 e. The highest BCUT2D eigenvalue weighted by atomic mass is 16.4. The zero-order valence-corrected chi connectivity index (χ0v) is 12.0. The van der Waals surface area contributed by atoms with Gasteiger partial charge in [-0.15, -0.1) is 0 Å². The fourth-order valence-electron chi connectivity index (χ4n) is 3.86. The van der Waals surface area contributed by atoms with Crippen molar-refractivity contribution in [2.45, 2.75) is 51.0 Å². The second-order valence-corrected chi connectivity index (χ2v) is 6.59. The van der Waals surface area contributed by atoms with Gasteiger partial charge in [-0.3, -0.25) is 4.79 Å². The summed E-state index contributed by atoms with van der Waals surface area (Å²) in [7, 11) is 0. The minimum atomic E-state index is -0.904. The van der Waals surface area contributed by atoms with Gasteiger partial charge in [0.2, 0.25) is 0 Å². The van der Waals surface area contributed by atoms with Crippen molar-refractivity contribution in [2.75, 3.05) is 19.6 Å². The van der Waals surface area contributed by atoms with Gasteiger partial charge < -0.3 is 14.9 Å². The molecule has 2 unspecified atom stereocenters. The van der Waals surface area contributed by atoms with Crippen LogP contribution in [0.1, 0.15) is 44.9 Å². The summed E-state index contributed by atoms with van der Waals surface area (Å²) in [5.41, 5.74) is 0. The summed E-state index contributed by atoms with van der Waals surface area (Å²) in [5, 5.41) is 9.04. The van der Waals surface area contributed by atoms with Crippen molar-refractivity contribution in [2.24, 2.45) is 11.8 Å². The number of urea groups is 1. The van der Waals surface area contributed by atoms with Crippen LogP contribution in [0.2, 0.25) is 0 Å². The first-order valence-electron chi connectivity index (χ1n) is 7.92. The summed E-state index contributed by atoms with van der Waals surface area (Å²) in [6, 6.07) is 0.336. The van der Waals surface area contributed by atoms with Crippen molar-refractivity contribution in [3.05, 3.63) is 0 Å². The van der Waals surface area contributed by atoms with Gasteiger partial charge in [0.05, 0.1) is 0 Å². The first-order chi connectivity index (χ1) is 9.65. The Bertz CT molecular complexity index is 395. The average Bonchev–Trinajstić information content (AvgIpc) is 3.10. The lowest BCUT2D eigenvalue weighted by molar-refractivity contribution is -0.137. The molecule has 2 saturated carbocycles. The zero-order valence-electron chi connectivity index (χ0n) is 12.0. The molecule has 0 aromatic heterocycles. The van der Waals surface area contributed by atoms with Crippen molar-refractivity contribution in [1.82, 2.24) is 9.80 Å². The molecule has 2 atom stereocenters. The molecule has 1 N–H and O–H groups in total. The highest BCUT2D eigenvalue weighted by Gasteiger charge is 2.40. The average molecular weight is 280 g/mol. The van der Waals surface area contributed by atoms with Crippen LogP contribution in [0.25, 0.3) is 0 Å². The van der Waals surface area contributed by atoms with Crippen LogP contribution in [0.15, 0.2) is 0 Å². The molecular formula is C15H24N2O3. The SMILES string of the molecule is O=C(O)CN(CC1CC1)C(=O)N1CCCC2CCCC21. The zero-order chi connectivity index (χ0) is 14.1. The van der Waals surface area contributed by atoms with Crippen LogP contribution in [-0.2, 0) is 4.79 Å². The number of fused-ring (bicyclic) bond motifs is 1. The fraction of sp³-hybridized carbons (Fsp3) is 0.867. The Morgan fingerprint density at radius 2 is 1.85 bits per heavy atom. The van der Waals surface area contributed by atoms with E-state index in [4.69, 9.17) is 5.11 Å². The van der Waals surface area contributed by atoms with Crippen LogP contribution >= 0.6 is 0 Å². The molecule has 1 heterocycles. The van der Waals surface area contributed by atoms with Crippen LogP contribution in [0.4, 0.5) is 4.79 Å². The fourth-order valence-corrected chi connectivity index (χ4v) is 3.86. The van der Waals surface area contributed by atoms with Gasteiger partial charge in [-0.25, -0.2) is 4.79 Å². The minimum absolute atomic E-state index is 0.0316. The summed E-state index contributed by atoms with van der Waals surface area (Å²) < 4.78 is 0. The Balaban J connectivity index is 1.68. The van der Waals surface area contributed by atoms with Crippen molar-refractivity contribution >= 4 is 12.0 Å². The second kappa shape index (κ2) is 5.62. The molecule has 20 heavy (non-hydrogen) atoms. The van der Waals surface area contributed by atoms with Crippen LogP contribution in [-0.4, -0.2) is 52.6 Å². The molecule has 0 aromatic rings. The first-order valence-corrected chi connectivity index (χ1v) is 7.92. The van der Waals surface area contributed by atoms with Crippen LogP contribution in [0, 0.1) is 11.8 Å². The van der Waals surface area contributed by atoms with E-state index in [1.54, 1.807) is 4.90 Å². The molecule has 3 fully saturated rings. The van der Waals surface area contributed by atoms with Crippen molar-refractivity contribution in [1.29, 1.82) is 0 Å². The number of amides is 2. The van der Waals surface area contributed by atoms with E-state index in [1.807, 2.05) is 4.90 Å². The number of likely N-dealkylation sites (tertiary alicyclic amines) is 1. The van der Waals surface area contributed by atoms with Gasteiger partial charge in [0, 0.05) is 19.1 Å². The Morgan fingerprint density at radius 1 is 1.10 bits per heavy atom. The molecule has 0 aromatic carbocycles. The normalized spacial score (nSPS) is 29.1. The van der Waals surface area contributed by atoms with Crippen molar-refractivity contribution in [3.63, 3.8) is 0 Å². The molecule has 2 amide bonds. The van der Waals surface area contributed by atoms with E-state index in [9.17, 15) is 9.59 Å². The maximum absolute atomic E-state index is 12.7. The monoisotopic (exact) mass is 280 g/mol. The Hall–Kier alpha value is -1.26. The highest BCUT2D eigenvalue weighted by Crippen LogP contribution is 2.37. The molecule has 5 heteroatoms. The van der Waals surface area contributed by atoms with Crippen LogP contribution in [0.5, 0.6) is 0 Å². The predicted molar refractivity (Wildman–Crippen MR) is 74.4 cm³/mol. The third kappa shape index (κ3) is 2.91. The van der Waals surface area contributed by atoms with E-state index in [0.717, 1.165) is 32.2 Å². The van der Waals surface area contributed by atoms with E-state index in [1.165, 1.54) is 19.3 Å². The first kappa shape index (κ1) is 13.7. The summed E-state index contributed by atoms with van der Waals surface area (Å²) in [6.45, 7) is 1.28. The quantitative estimate of drug-likeness (QED) is 0.858. The number of carbonyl (C=O) groups is 2. The maximum atomic E-state index is 12.7. The molecule has 3 rings (SSSR count). The van der Waals surface area contributed by atoms with Crippen molar-refractivity contribution in [3.8, 4) is 0 Å². The molecular weight excluding hydrogens is 256 g/mol. The smallest absolute Gasteiger partial charge is 0.323 e. The number of carboxylic acids is 1. The summed E-state index contributed by atoms with van der Waals surface area (Å²) in [4.78, 5) is 27.3. The Labute approximate surface area is 119 Å². The largest absolute Gasteiger partial charge is 0.480 e. The van der Waals surface area contributed by atoms with Crippen LogP contribution < -0.4 is 0 Å². The van der Waals surface area contributed by atoms with Gasteiger partial charge in [0.15, 0.2) is 0 Å². The predicted octanol–water partition coefficient (Wildman–Crippen LogP) is 2.17. The number of nitrogens with zero attached hydrogens (tertiary/aromatic N) is 2. The number of piperidine rings is 1. The lowest BCUT2D eigenvalue weighted by Gasteiger charge is -2.40. The molecule has 0 radical (unpaired) electrons. The lowest BCUT2D eigenvalue weighted by Crippen LogP contribution is -2.53. The minimum Gasteiger partial charge on any atom is -0.480 e. The standard InChI is InChI=1S/C15H24N2O3/c18-14(19)10-16(9-11-6-7-11)15(20)17-8-2-4-12-3-1-5-13(12)17/h11-13H,1-10H2,(H,18,19). The van der Waals surface area contributed by atoms with Gasteiger partial charge in [0.1, 0.15) is 6.54 Å². The molecule has 1 aliphatic heterocycles. The van der Waals surface area contributed by atoms with E-state index in [2.05, 4.69) is 0 Å². The number of carbonyl (C=O) groups excluding carboxylic acids is 1. The van der Waals surface area contributed by atoms with Crippen LogP contribution in [0.3, 0.4) is 0 Å². The molecule has 5 nitrogen and oxygen atoms in total. The number of rotatable bonds is 4. The van der Waals surface area contributed by atoms with Gasteiger partial charge in [-0.2, -0.15) is 0 Å². The van der Waals surface area contributed by atoms with E-state index >= 15 is 0 Å². The number of carboxylic acid groups (broad SMARTS) is 1. The Kier molecular flexibility index (Phi) is 3.85. The van der Waals surface area contributed by atoms with Gasteiger partial charge in [0.25, 0.3) is 0 Å². The summed E-state index contributed by atoms with van der Waals surface area (Å²) in [6.07, 6.45) is 8.11. The summed E-state index contributed by atoms with van der Waals surface area (Å²) >= 11 is 0. The lowest BCUT2D eigenvalue weighted by atomic mass is 9.92. The van der Waals surface area contributed by atoms with Crippen molar-refractivity contribution < 1.29 is 14.7 Å². The topological polar surface area (TPSA) is 60.9 Å². The number of hydrogen-bond acceptors (Lipinski definition) is 2. The molecule has 0 spiro atoms. The van der Waals surface area contributed by atoms with Gasteiger partial charge >= 0.3 is 12.0 Å². The van der Waals surface area contributed by atoms with E-state index in [-0.39, 0.29) is 12.6 Å². The molecule has 0 bridgehead atoms. The van der Waals surface area contributed by atoms with E-state index < -0.39 is 5.97 Å².